The summed E-state index contributed by atoms with van der Waals surface area (Å²) in [5.41, 5.74) is 8.10. The molecule has 1 aliphatic rings. The second-order valence-corrected chi connectivity index (χ2v) is 6.70. The fourth-order valence-corrected chi connectivity index (χ4v) is 3.59. The minimum Gasteiger partial charge on any atom is -0.375 e. The topological polar surface area (TPSA) is 45.4 Å². The van der Waals surface area contributed by atoms with Crippen molar-refractivity contribution in [1.29, 1.82) is 0 Å². The predicted octanol–water partition coefficient (Wildman–Crippen LogP) is 2.41. The van der Waals surface area contributed by atoms with Gasteiger partial charge in [-0.1, -0.05) is 17.4 Å². The Labute approximate surface area is 124 Å². The molecule has 2 aromatic rings. The SMILES string of the molecule is CN(CCN1CCCC1)Cc1ccc2nc(N)sc2c1. The molecule has 1 aromatic carbocycles. The highest BCUT2D eigenvalue weighted by Gasteiger charge is 2.12. The molecular weight excluding hydrogens is 268 g/mol. The number of likely N-dealkylation sites (N-methyl/N-ethyl adjacent to an activating group) is 1. The van der Waals surface area contributed by atoms with Gasteiger partial charge in [-0.05, 0) is 50.7 Å². The summed E-state index contributed by atoms with van der Waals surface area (Å²) < 4.78 is 1.19. The fourth-order valence-electron chi connectivity index (χ4n) is 2.79. The number of anilines is 1. The van der Waals surface area contributed by atoms with E-state index in [4.69, 9.17) is 5.73 Å². The third-order valence-corrected chi connectivity index (χ3v) is 4.77. The first-order valence-corrected chi connectivity index (χ1v) is 8.08. The lowest BCUT2D eigenvalue weighted by Crippen LogP contribution is -2.31. The van der Waals surface area contributed by atoms with Gasteiger partial charge >= 0.3 is 0 Å². The first kappa shape index (κ1) is 13.8. The fraction of sp³-hybridized carbons (Fsp3) is 0.533. The Morgan fingerprint density at radius 3 is 2.95 bits per heavy atom. The van der Waals surface area contributed by atoms with Crippen molar-refractivity contribution in [2.24, 2.45) is 0 Å². The first-order valence-electron chi connectivity index (χ1n) is 7.26. The van der Waals surface area contributed by atoms with Crippen LogP contribution in [0.1, 0.15) is 18.4 Å². The third kappa shape index (κ3) is 3.29. The summed E-state index contributed by atoms with van der Waals surface area (Å²) in [6.45, 7) is 5.86. The normalized spacial score (nSPS) is 16.5. The molecule has 2 heterocycles. The van der Waals surface area contributed by atoms with Gasteiger partial charge < -0.3 is 15.5 Å². The average Bonchev–Trinajstić information content (AvgIpc) is 3.04. The molecule has 1 aromatic heterocycles. The maximum absolute atomic E-state index is 5.75. The van der Waals surface area contributed by atoms with Gasteiger partial charge in [0.05, 0.1) is 10.2 Å². The lowest BCUT2D eigenvalue weighted by Gasteiger charge is -2.21. The molecule has 0 atom stereocenters. The van der Waals surface area contributed by atoms with Gasteiger partial charge in [-0.25, -0.2) is 4.98 Å². The van der Waals surface area contributed by atoms with Crippen molar-refractivity contribution < 1.29 is 0 Å². The van der Waals surface area contributed by atoms with Crippen LogP contribution in [0.5, 0.6) is 0 Å². The molecule has 108 valence electrons. The monoisotopic (exact) mass is 290 g/mol. The van der Waals surface area contributed by atoms with Gasteiger partial charge in [-0.3, -0.25) is 0 Å². The Morgan fingerprint density at radius 2 is 2.15 bits per heavy atom. The second-order valence-electron chi connectivity index (χ2n) is 5.64. The standard InChI is InChI=1S/C15H22N4S/c1-18(8-9-19-6-2-3-7-19)11-12-4-5-13-14(10-12)20-15(16)17-13/h4-5,10H,2-3,6-9,11H2,1H3,(H2,16,17). The molecule has 5 heteroatoms. The summed E-state index contributed by atoms with van der Waals surface area (Å²) in [5.74, 6) is 0. The lowest BCUT2D eigenvalue weighted by molar-refractivity contribution is 0.252. The van der Waals surface area contributed by atoms with Crippen LogP contribution >= 0.6 is 11.3 Å². The Hall–Kier alpha value is -1.17. The first-order chi connectivity index (χ1) is 9.70. The van der Waals surface area contributed by atoms with Gasteiger partial charge in [-0.2, -0.15) is 0 Å². The minimum absolute atomic E-state index is 0.652. The van der Waals surface area contributed by atoms with E-state index < -0.39 is 0 Å². The van der Waals surface area contributed by atoms with Crippen LogP contribution in [0.2, 0.25) is 0 Å². The van der Waals surface area contributed by atoms with Crippen molar-refractivity contribution >= 4 is 26.7 Å². The van der Waals surface area contributed by atoms with Crippen molar-refractivity contribution in [3.63, 3.8) is 0 Å². The molecule has 4 nitrogen and oxygen atoms in total. The zero-order chi connectivity index (χ0) is 13.9. The number of benzene rings is 1. The maximum Gasteiger partial charge on any atom is 0.181 e. The van der Waals surface area contributed by atoms with E-state index in [1.165, 1.54) is 42.7 Å². The summed E-state index contributed by atoms with van der Waals surface area (Å²) in [7, 11) is 2.20. The maximum atomic E-state index is 5.75. The Balaban J connectivity index is 1.57. The zero-order valence-electron chi connectivity index (χ0n) is 12.0. The molecule has 0 saturated carbocycles. The van der Waals surface area contributed by atoms with Crippen molar-refractivity contribution in [2.45, 2.75) is 19.4 Å². The summed E-state index contributed by atoms with van der Waals surface area (Å²) in [6.07, 6.45) is 2.74. The molecule has 0 amide bonds. The van der Waals surface area contributed by atoms with Crippen LogP contribution in [0.4, 0.5) is 5.13 Å². The molecule has 0 unspecified atom stereocenters. The van der Waals surface area contributed by atoms with Gasteiger partial charge in [0.2, 0.25) is 0 Å². The molecular formula is C15H22N4S. The second kappa shape index (κ2) is 6.08. The van der Waals surface area contributed by atoms with E-state index in [0.29, 0.717) is 5.13 Å². The number of nitrogens with zero attached hydrogens (tertiary/aromatic N) is 3. The molecule has 0 bridgehead atoms. The molecule has 1 saturated heterocycles. The summed E-state index contributed by atoms with van der Waals surface area (Å²) >= 11 is 1.57. The van der Waals surface area contributed by atoms with Crippen molar-refractivity contribution in [3.8, 4) is 0 Å². The van der Waals surface area contributed by atoms with E-state index in [1.807, 2.05) is 0 Å². The number of thiazole rings is 1. The highest BCUT2D eigenvalue weighted by atomic mass is 32.1. The molecule has 1 aliphatic heterocycles. The van der Waals surface area contributed by atoms with Gasteiger partial charge in [-0.15, -0.1) is 0 Å². The molecule has 0 spiro atoms. The number of hydrogen-bond acceptors (Lipinski definition) is 5. The van der Waals surface area contributed by atoms with Crippen molar-refractivity contribution in [3.05, 3.63) is 23.8 Å². The number of aromatic nitrogens is 1. The zero-order valence-corrected chi connectivity index (χ0v) is 12.8. The van der Waals surface area contributed by atoms with E-state index in [2.05, 4.69) is 40.0 Å². The van der Waals surface area contributed by atoms with E-state index >= 15 is 0 Å². The minimum atomic E-state index is 0.652. The third-order valence-electron chi connectivity index (χ3n) is 3.92. The Bertz CT molecular complexity index is 574. The molecule has 0 radical (unpaired) electrons. The largest absolute Gasteiger partial charge is 0.375 e. The number of nitrogens with two attached hydrogens (primary N) is 1. The number of likely N-dealkylation sites (tertiary alicyclic amines) is 1. The van der Waals surface area contributed by atoms with E-state index in [0.717, 1.165) is 18.6 Å². The number of fused-ring (bicyclic) bond motifs is 1. The van der Waals surface area contributed by atoms with Crippen LogP contribution in [-0.4, -0.2) is 48.0 Å². The lowest BCUT2D eigenvalue weighted by atomic mass is 10.2. The van der Waals surface area contributed by atoms with E-state index in [9.17, 15) is 0 Å². The van der Waals surface area contributed by atoms with Gasteiger partial charge in [0.1, 0.15) is 0 Å². The summed E-state index contributed by atoms with van der Waals surface area (Å²) in [6, 6.07) is 6.45. The van der Waals surface area contributed by atoms with Gasteiger partial charge in [0.25, 0.3) is 0 Å². The van der Waals surface area contributed by atoms with Crippen LogP contribution < -0.4 is 5.73 Å². The molecule has 3 rings (SSSR count). The van der Waals surface area contributed by atoms with Crippen LogP contribution in [0.15, 0.2) is 18.2 Å². The quantitative estimate of drug-likeness (QED) is 0.918. The molecule has 1 fully saturated rings. The number of nitrogen functional groups attached to an aromatic ring is 1. The van der Waals surface area contributed by atoms with Crippen LogP contribution in [-0.2, 0) is 6.54 Å². The summed E-state index contributed by atoms with van der Waals surface area (Å²) in [4.78, 5) is 9.25. The molecule has 20 heavy (non-hydrogen) atoms. The van der Waals surface area contributed by atoms with Crippen LogP contribution in [0.25, 0.3) is 10.2 Å². The van der Waals surface area contributed by atoms with E-state index in [1.54, 1.807) is 11.3 Å². The number of hydrogen-bond donors (Lipinski definition) is 1. The number of rotatable bonds is 5. The van der Waals surface area contributed by atoms with Crippen LogP contribution in [0, 0.1) is 0 Å². The smallest absolute Gasteiger partial charge is 0.181 e. The van der Waals surface area contributed by atoms with Crippen molar-refractivity contribution in [1.82, 2.24) is 14.8 Å². The predicted molar refractivity (Wildman–Crippen MR) is 86.0 cm³/mol. The summed E-state index contributed by atoms with van der Waals surface area (Å²) in [5, 5.41) is 0.652. The average molecular weight is 290 g/mol. The molecule has 2 N–H and O–H groups in total. The Kier molecular flexibility index (Phi) is 4.19. The van der Waals surface area contributed by atoms with Gasteiger partial charge in [0, 0.05) is 19.6 Å². The van der Waals surface area contributed by atoms with Crippen LogP contribution in [0.3, 0.4) is 0 Å². The highest BCUT2D eigenvalue weighted by molar-refractivity contribution is 7.22. The highest BCUT2D eigenvalue weighted by Crippen LogP contribution is 2.24. The van der Waals surface area contributed by atoms with Gasteiger partial charge in [0.15, 0.2) is 5.13 Å². The Morgan fingerprint density at radius 1 is 1.35 bits per heavy atom. The van der Waals surface area contributed by atoms with E-state index in [-0.39, 0.29) is 0 Å². The molecule has 0 aliphatic carbocycles. The van der Waals surface area contributed by atoms with Crippen molar-refractivity contribution in [2.75, 3.05) is 39.0 Å².